The number of carbonyl (C=O) groups excluding carboxylic acids is 3. The smallest absolute Gasteiger partial charge is 0.273 e. The van der Waals surface area contributed by atoms with Crippen LogP contribution < -0.4 is 10.2 Å². The Morgan fingerprint density at radius 3 is 2.39 bits per heavy atom. The van der Waals surface area contributed by atoms with E-state index >= 15 is 0 Å². The van der Waals surface area contributed by atoms with Crippen molar-refractivity contribution in [3.05, 3.63) is 88.0 Å². The number of rotatable bonds is 5. The lowest BCUT2D eigenvalue weighted by Gasteiger charge is -2.26. The second-order valence-electron chi connectivity index (χ2n) is 5.81. The van der Waals surface area contributed by atoms with Crippen molar-refractivity contribution >= 4 is 35.3 Å². The molecule has 1 saturated heterocycles. The fourth-order valence-corrected chi connectivity index (χ4v) is 2.70. The first kappa shape index (κ1) is 18.7. The van der Waals surface area contributed by atoms with Gasteiger partial charge in [0.2, 0.25) is 0 Å². The van der Waals surface area contributed by atoms with Crippen LogP contribution in [0.2, 0.25) is 0 Å². The van der Waals surface area contributed by atoms with Gasteiger partial charge in [0.1, 0.15) is 5.57 Å². The number of nitrogens with zero attached hydrogens (tertiary/aromatic N) is 2. The summed E-state index contributed by atoms with van der Waals surface area (Å²) in [4.78, 5) is 48.1. The minimum absolute atomic E-state index is 0.0428. The quantitative estimate of drug-likeness (QED) is 0.372. The normalized spacial score (nSPS) is 15.9. The monoisotopic (exact) mass is 377 g/mol. The van der Waals surface area contributed by atoms with Gasteiger partial charge in [-0.15, -0.1) is 0 Å². The number of para-hydroxylation sites is 2. The zero-order valence-corrected chi connectivity index (χ0v) is 14.6. The van der Waals surface area contributed by atoms with Crippen LogP contribution in [0.4, 0.5) is 16.2 Å². The number of nitro groups is 1. The third-order valence-electron chi connectivity index (χ3n) is 4.00. The van der Waals surface area contributed by atoms with E-state index in [1.165, 1.54) is 12.1 Å². The van der Waals surface area contributed by atoms with Crippen molar-refractivity contribution in [2.45, 2.75) is 6.42 Å². The second-order valence-corrected chi connectivity index (χ2v) is 5.81. The highest BCUT2D eigenvalue weighted by molar-refractivity contribution is 6.37. The van der Waals surface area contributed by atoms with Gasteiger partial charge in [-0.3, -0.25) is 25.0 Å². The van der Waals surface area contributed by atoms with Crippen LogP contribution in [0.5, 0.6) is 0 Å². The third-order valence-corrected chi connectivity index (χ3v) is 4.00. The minimum atomic E-state index is -0.811. The standard InChI is InChI=1S/C20H15N3O5/c24-18-16(12-6-4-8-14-9-5-7-13-17(14)23(27)28)19(25)22(20(26)21-18)15-10-2-1-3-11-15/h1-5,7-13H,6H2,(H,21,24,26)/b8-4+,16-12+. The van der Waals surface area contributed by atoms with Gasteiger partial charge in [-0.05, 0) is 24.6 Å². The lowest BCUT2D eigenvalue weighted by atomic mass is 10.1. The van der Waals surface area contributed by atoms with Gasteiger partial charge in [-0.1, -0.05) is 48.6 Å². The number of carbonyl (C=O) groups is 3. The molecule has 140 valence electrons. The average molecular weight is 377 g/mol. The van der Waals surface area contributed by atoms with Gasteiger partial charge >= 0.3 is 6.03 Å². The van der Waals surface area contributed by atoms with E-state index < -0.39 is 22.8 Å². The molecule has 8 nitrogen and oxygen atoms in total. The molecule has 0 aliphatic carbocycles. The maximum atomic E-state index is 12.6. The molecule has 2 aromatic carbocycles. The lowest BCUT2D eigenvalue weighted by molar-refractivity contribution is -0.385. The maximum absolute atomic E-state index is 12.6. The number of barbiturate groups is 1. The summed E-state index contributed by atoms with van der Waals surface area (Å²) in [5.41, 5.74) is 0.541. The molecule has 28 heavy (non-hydrogen) atoms. The molecule has 1 N–H and O–H groups in total. The van der Waals surface area contributed by atoms with Crippen LogP contribution in [0, 0.1) is 10.1 Å². The first-order valence-corrected chi connectivity index (χ1v) is 8.34. The van der Waals surface area contributed by atoms with Gasteiger partial charge in [0.15, 0.2) is 0 Å². The summed E-state index contributed by atoms with van der Waals surface area (Å²) in [6, 6.07) is 13.7. The minimum Gasteiger partial charge on any atom is -0.273 e. The summed E-state index contributed by atoms with van der Waals surface area (Å²) in [7, 11) is 0. The number of nitrogens with one attached hydrogen (secondary N) is 1. The van der Waals surface area contributed by atoms with Crippen LogP contribution in [0.1, 0.15) is 12.0 Å². The molecule has 3 rings (SSSR count). The van der Waals surface area contributed by atoms with Gasteiger partial charge in [0.25, 0.3) is 17.5 Å². The van der Waals surface area contributed by atoms with E-state index in [0.717, 1.165) is 4.90 Å². The highest BCUT2D eigenvalue weighted by Crippen LogP contribution is 2.21. The van der Waals surface area contributed by atoms with Crippen molar-refractivity contribution in [3.63, 3.8) is 0 Å². The Hall–Kier alpha value is -4.07. The summed E-state index contributed by atoms with van der Waals surface area (Å²) in [5, 5.41) is 13.2. The molecule has 0 radical (unpaired) electrons. The zero-order valence-electron chi connectivity index (χ0n) is 14.6. The van der Waals surface area contributed by atoms with E-state index in [2.05, 4.69) is 5.32 Å². The van der Waals surface area contributed by atoms with Crippen LogP contribution in [-0.4, -0.2) is 22.8 Å². The van der Waals surface area contributed by atoms with Crippen LogP contribution in [0.15, 0.2) is 72.3 Å². The van der Waals surface area contributed by atoms with Crippen molar-refractivity contribution in [3.8, 4) is 0 Å². The molecule has 0 bridgehead atoms. The van der Waals surface area contributed by atoms with E-state index in [1.54, 1.807) is 60.7 Å². The number of amides is 4. The Bertz CT molecular complexity index is 1010. The van der Waals surface area contributed by atoms with E-state index in [4.69, 9.17) is 0 Å². The van der Waals surface area contributed by atoms with Crippen molar-refractivity contribution in [1.82, 2.24) is 5.32 Å². The Balaban J connectivity index is 1.80. The molecular formula is C20H15N3O5. The van der Waals surface area contributed by atoms with Crippen molar-refractivity contribution in [2.75, 3.05) is 4.90 Å². The second kappa shape index (κ2) is 8.09. The summed E-state index contributed by atoms with van der Waals surface area (Å²) >= 11 is 0. The Morgan fingerprint density at radius 1 is 1.00 bits per heavy atom. The summed E-state index contributed by atoms with van der Waals surface area (Å²) in [5.74, 6) is -1.50. The van der Waals surface area contributed by atoms with Gasteiger partial charge in [0.05, 0.1) is 16.2 Å². The van der Waals surface area contributed by atoms with E-state index in [9.17, 15) is 24.5 Å². The van der Waals surface area contributed by atoms with Gasteiger partial charge in [-0.25, -0.2) is 9.69 Å². The predicted octanol–water partition coefficient (Wildman–Crippen LogP) is 3.21. The SMILES string of the molecule is O=C1NC(=O)N(c2ccccc2)C(=O)/C1=C/C/C=C/c1ccccc1[N+](=O)[O-]. The number of hydrogen-bond donors (Lipinski definition) is 1. The Kier molecular flexibility index (Phi) is 5.40. The number of allylic oxidation sites excluding steroid dienone is 2. The predicted molar refractivity (Wildman–Crippen MR) is 102 cm³/mol. The van der Waals surface area contributed by atoms with E-state index in [1.807, 2.05) is 0 Å². The fraction of sp³-hybridized carbons (Fsp3) is 0.0500. The van der Waals surface area contributed by atoms with Crippen molar-refractivity contribution < 1.29 is 19.3 Å². The molecule has 4 amide bonds. The largest absolute Gasteiger partial charge is 0.335 e. The van der Waals surface area contributed by atoms with Crippen LogP contribution in [0.25, 0.3) is 6.08 Å². The molecule has 1 heterocycles. The van der Waals surface area contributed by atoms with Gasteiger partial charge in [0, 0.05) is 6.07 Å². The molecule has 0 atom stereocenters. The molecule has 1 aliphatic rings. The molecule has 0 spiro atoms. The highest BCUT2D eigenvalue weighted by atomic mass is 16.6. The number of hydrogen-bond acceptors (Lipinski definition) is 5. The number of nitro benzene ring substituents is 1. The molecule has 1 aliphatic heterocycles. The van der Waals surface area contributed by atoms with Crippen LogP contribution >= 0.6 is 0 Å². The first-order valence-electron chi connectivity index (χ1n) is 8.34. The number of imide groups is 2. The summed E-state index contributed by atoms with van der Waals surface area (Å²) in [6.45, 7) is 0. The molecule has 0 unspecified atom stereocenters. The lowest BCUT2D eigenvalue weighted by Crippen LogP contribution is -2.54. The number of benzene rings is 2. The number of anilines is 1. The average Bonchev–Trinajstić information content (AvgIpc) is 2.68. The third kappa shape index (κ3) is 3.85. The van der Waals surface area contributed by atoms with Crippen LogP contribution in [-0.2, 0) is 9.59 Å². The highest BCUT2D eigenvalue weighted by Gasteiger charge is 2.36. The van der Waals surface area contributed by atoms with Crippen LogP contribution in [0.3, 0.4) is 0 Å². The summed E-state index contributed by atoms with van der Waals surface area (Å²) < 4.78 is 0. The molecule has 2 aromatic rings. The Labute approximate surface area is 159 Å². The number of urea groups is 1. The van der Waals surface area contributed by atoms with E-state index in [-0.39, 0.29) is 17.7 Å². The Morgan fingerprint density at radius 2 is 1.68 bits per heavy atom. The maximum Gasteiger partial charge on any atom is 0.335 e. The fourth-order valence-electron chi connectivity index (χ4n) is 2.70. The van der Waals surface area contributed by atoms with Crippen molar-refractivity contribution in [2.24, 2.45) is 0 Å². The first-order chi connectivity index (χ1) is 13.5. The zero-order chi connectivity index (χ0) is 20.1. The molecule has 0 saturated carbocycles. The summed E-state index contributed by atoms with van der Waals surface area (Å²) in [6.07, 6.45) is 4.70. The molecule has 1 fully saturated rings. The molecular weight excluding hydrogens is 362 g/mol. The van der Waals surface area contributed by atoms with Gasteiger partial charge < -0.3 is 0 Å². The molecule has 0 aromatic heterocycles. The topological polar surface area (TPSA) is 110 Å². The van der Waals surface area contributed by atoms with E-state index in [0.29, 0.717) is 11.3 Å². The van der Waals surface area contributed by atoms with Gasteiger partial charge in [-0.2, -0.15) is 0 Å². The van der Waals surface area contributed by atoms with Crippen molar-refractivity contribution in [1.29, 1.82) is 0 Å². The molecule has 8 heteroatoms.